The number of rotatable bonds is 4. The predicted molar refractivity (Wildman–Crippen MR) is 73.5 cm³/mol. The monoisotopic (exact) mass is 296 g/mol. The zero-order chi connectivity index (χ0) is 13.8. The Hall–Kier alpha value is -1.52. The molecule has 0 aliphatic rings. The number of benzene rings is 2. The Labute approximate surface area is 117 Å². The van der Waals surface area contributed by atoms with E-state index in [-0.39, 0.29) is 11.5 Å². The summed E-state index contributed by atoms with van der Waals surface area (Å²) in [6.07, 6.45) is 0. The second kappa shape index (κ2) is 6.08. The van der Waals surface area contributed by atoms with Gasteiger partial charge < -0.3 is 0 Å². The van der Waals surface area contributed by atoms with Gasteiger partial charge in [-0.2, -0.15) is 0 Å². The van der Waals surface area contributed by atoms with Crippen molar-refractivity contribution in [3.63, 3.8) is 0 Å². The van der Waals surface area contributed by atoms with Gasteiger partial charge in [0.05, 0.1) is 21.6 Å². The number of hydrogen-bond donors (Lipinski definition) is 0. The Morgan fingerprint density at radius 3 is 2.58 bits per heavy atom. The molecule has 0 aliphatic heterocycles. The maximum Gasteiger partial charge on any atom is 0.177 e. The van der Waals surface area contributed by atoms with E-state index < -0.39 is 16.6 Å². The Bertz CT molecular complexity index is 643. The first-order valence-electron chi connectivity index (χ1n) is 5.49. The zero-order valence-electron chi connectivity index (χ0n) is 9.81. The summed E-state index contributed by atoms with van der Waals surface area (Å²) < 4.78 is 25.0. The average Bonchev–Trinajstić information content (AvgIpc) is 2.39. The molecule has 5 heteroatoms. The maximum atomic E-state index is 13.0. The lowest BCUT2D eigenvalue weighted by Crippen LogP contribution is -2.11. The lowest BCUT2D eigenvalue weighted by Gasteiger charge is -2.04. The predicted octanol–water partition coefficient (Wildman–Crippen LogP) is 3.47. The van der Waals surface area contributed by atoms with Crippen LogP contribution in [0.25, 0.3) is 0 Å². The van der Waals surface area contributed by atoms with Crippen LogP contribution in [0.1, 0.15) is 10.4 Å². The number of carbonyl (C=O) groups excluding carboxylic acids is 1. The molecule has 2 aromatic carbocycles. The third kappa shape index (κ3) is 3.49. The molecule has 0 amide bonds. The van der Waals surface area contributed by atoms with Gasteiger partial charge in [0.1, 0.15) is 5.82 Å². The van der Waals surface area contributed by atoms with Gasteiger partial charge >= 0.3 is 0 Å². The van der Waals surface area contributed by atoms with E-state index in [0.717, 1.165) is 6.07 Å². The van der Waals surface area contributed by atoms with Gasteiger partial charge in [0, 0.05) is 10.5 Å². The summed E-state index contributed by atoms with van der Waals surface area (Å²) in [6, 6.07) is 12.0. The highest BCUT2D eigenvalue weighted by Gasteiger charge is 2.15. The Morgan fingerprint density at radius 1 is 1.16 bits per heavy atom. The van der Waals surface area contributed by atoms with Crippen LogP contribution in [-0.2, 0) is 10.8 Å². The molecule has 1 atom stereocenters. The summed E-state index contributed by atoms with van der Waals surface area (Å²) in [5.74, 6) is -1.02. The summed E-state index contributed by atoms with van der Waals surface area (Å²) in [7, 11) is -1.58. The summed E-state index contributed by atoms with van der Waals surface area (Å²) >= 11 is 5.89. The van der Waals surface area contributed by atoms with Crippen LogP contribution in [0.3, 0.4) is 0 Å². The molecule has 0 saturated heterocycles. The lowest BCUT2D eigenvalue weighted by molar-refractivity contribution is 0.102. The Balaban J connectivity index is 2.16. The van der Waals surface area contributed by atoms with Gasteiger partial charge in [0.25, 0.3) is 0 Å². The van der Waals surface area contributed by atoms with Crippen molar-refractivity contribution in [2.45, 2.75) is 4.90 Å². The van der Waals surface area contributed by atoms with Gasteiger partial charge in [-0.3, -0.25) is 9.00 Å². The fourth-order valence-corrected chi connectivity index (χ4v) is 2.85. The topological polar surface area (TPSA) is 34.1 Å². The summed E-state index contributed by atoms with van der Waals surface area (Å²) in [6.45, 7) is 0. The highest BCUT2D eigenvalue weighted by molar-refractivity contribution is 7.85. The van der Waals surface area contributed by atoms with E-state index >= 15 is 0 Å². The first-order valence-corrected chi connectivity index (χ1v) is 7.19. The molecule has 0 bridgehead atoms. The second-order valence-corrected chi connectivity index (χ2v) is 5.71. The van der Waals surface area contributed by atoms with E-state index in [2.05, 4.69) is 0 Å². The molecule has 2 rings (SSSR count). The van der Waals surface area contributed by atoms with Crippen LogP contribution in [0.15, 0.2) is 53.4 Å². The average molecular weight is 297 g/mol. The molecule has 2 aromatic rings. The van der Waals surface area contributed by atoms with Crippen molar-refractivity contribution < 1.29 is 13.4 Å². The largest absolute Gasteiger partial charge is 0.293 e. The van der Waals surface area contributed by atoms with Crippen molar-refractivity contribution in [1.29, 1.82) is 0 Å². The third-order valence-corrected chi connectivity index (χ3v) is 4.13. The van der Waals surface area contributed by atoms with E-state index in [0.29, 0.717) is 15.5 Å². The van der Waals surface area contributed by atoms with Crippen LogP contribution >= 0.6 is 11.6 Å². The highest BCUT2D eigenvalue weighted by atomic mass is 35.5. The van der Waals surface area contributed by atoms with Crippen molar-refractivity contribution in [2.75, 3.05) is 5.75 Å². The first kappa shape index (κ1) is 13.9. The molecule has 1 unspecified atom stereocenters. The molecule has 0 spiro atoms. The lowest BCUT2D eigenvalue weighted by atomic mass is 10.1. The minimum Gasteiger partial charge on any atom is -0.293 e. The summed E-state index contributed by atoms with van der Waals surface area (Å²) in [5.41, 5.74) is 0.328. The van der Waals surface area contributed by atoms with Crippen LogP contribution in [0.2, 0.25) is 5.02 Å². The fraction of sp³-hybridized carbons (Fsp3) is 0.0714. The smallest absolute Gasteiger partial charge is 0.177 e. The van der Waals surface area contributed by atoms with E-state index in [1.807, 2.05) is 0 Å². The normalized spacial score (nSPS) is 12.1. The maximum absolute atomic E-state index is 13.0. The van der Waals surface area contributed by atoms with Gasteiger partial charge in [-0.1, -0.05) is 29.8 Å². The van der Waals surface area contributed by atoms with Crippen LogP contribution in [0.4, 0.5) is 4.39 Å². The van der Waals surface area contributed by atoms with Crippen LogP contribution in [-0.4, -0.2) is 15.7 Å². The van der Waals surface area contributed by atoms with Gasteiger partial charge in [-0.05, 0) is 30.3 Å². The minimum atomic E-state index is -1.58. The molecule has 0 saturated carbocycles. The molecule has 0 fully saturated rings. The van der Waals surface area contributed by atoms with Crippen LogP contribution in [0.5, 0.6) is 0 Å². The van der Waals surface area contributed by atoms with Gasteiger partial charge in [-0.15, -0.1) is 0 Å². The number of halogens is 2. The Morgan fingerprint density at radius 2 is 1.89 bits per heavy atom. The van der Waals surface area contributed by atoms with Gasteiger partial charge in [0.2, 0.25) is 0 Å². The number of Topliss-reactive ketones (excluding diaryl/α,β-unsaturated/α-hetero) is 1. The van der Waals surface area contributed by atoms with E-state index in [1.165, 1.54) is 18.2 Å². The highest BCUT2D eigenvalue weighted by Crippen LogP contribution is 2.17. The van der Waals surface area contributed by atoms with Crippen molar-refractivity contribution in [2.24, 2.45) is 0 Å². The molecule has 0 aliphatic carbocycles. The molecule has 0 heterocycles. The van der Waals surface area contributed by atoms with Crippen LogP contribution < -0.4 is 0 Å². The minimum absolute atomic E-state index is 0.215. The third-order valence-electron chi connectivity index (χ3n) is 2.50. The van der Waals surface area contributed by atoms with Crippen LogP contribution in [0, 0.1) is 5.82 Å². The summed E-state index contributed by atoms with van der Waals surface area (Å²) in [4.78, 5) is 12.3. The SMILES string of the molecule is O=C(CS(=O)c1cccc(F)c1)c1ccccc1Cl. The molecule has 19 heavy (non-hydrogen) atoms. The molecule has 2 nitrogen and oxygen atoms in total. The molecular weight excluding hydrogens is 287 g/mol. The number of hydrogen-bond acceptors (Lipinski definition) is 2. The van der Waals surface area contributed by atoms with E-state index in [4.69, 9.17) is 11.6 Å². The quantitative estimate of drug-likeness (QED) is 0.810. The van der Waals surface area contributed by atoms with Crippen molar-refractivity contribution in [3.8, 4) is 0 Å². The fourth-order valence-electron chi connectivity index (χ4n) is 1.58. The zero-order valence-corrected chi connectivity index (χ0v) is 11.4. The van der Waals surface area contributed by atoms with E-state index in [1.54, 1.807) is 24.3 Å². The molecular formula is C14H10ClFO2S. The summed E-state index contributed by atoms with van der Waals surface area (Å²) in [5, 5.41) is 0.323. The molecule has 0 N–H and O–H groups in total. The van der Waals surface area contributed by atoms with Crippen molar-refractivity contribution in [1.82, 2.24) is 0 Å². The van der Waals surface area contributed by atoms with Gasteiger partial charge in [-0.25, -0.2) is 4.39 Å². The first-order chi connectivity index (χ1) is 9.08. The van der Waals surface area contributed by atoms with Crippen molar-refractivity contribution in [3.05, 3.63) is 64.9 Å². The Kier molecular flexibility index (Phi) is 4.45. The number of carbonyl (C=O) groups is 1. The van der Waals surface area contributed by atoms with Gasteiger partial charge in [0.15, 0.2) is 5.78 Å². The second-order valence-electron chi connectivity index (χ2n) is 3.85. The molecule has 0 radical (unpaired) electrons. The van der Waals surface area contributed by atoms with E-state index in [9.17, 15) is 13.4 Å². The molecule has 98 valence electrons. The standard InChI is InChI=1S/C14H10ClFO2S/c15-13-7-2-1-6-12(13)14(17)9-19(18)11-5-3-4-10(16)8-11/h1-8H,9H2. The number of ketones is 1. The molecule has 0 aromatic heterocycles. The van der Waals surface area contributed by atoms with Crippen molar-refractivity contribution >= 4 is 28.2 Å².